The van der Waals surface area contributed by atoms with Crippen molar-refractivity contribution >= 4 is 11.0 Å². The summed E-state index contributed by atoms with van der Waals surface area (Å²) in [4.78, 5) is 0. The Hall–Kier alpha value is -1.97. The molecule has 66 valence electrons. The highest BCUT2D eigenvalue weighted by atomic mass is 16.3. The van der Waals surface area contributed by atoms with Gasteiger partial charge in [0.25, 0.3) is 0 Å². The van der Waals surface area contributed by atoms with Gasteiger partial charge in [-0.3, -0.25) is 0 Å². The van der Waals surface area contributed by atoms with Crippen LogP contribution < -0.4 is 0 Å². The lowest BCUT2D eigenvalue weighted by Gasteiger charge is -1.94. The van der Waals surface area contributed by atoms with Gasteiger partial charge in [-0.15, -0.1) is 0 Å². The summed E-state index contributed by atoms with van der Waals surface area (Å²) in [6, 6.07) is 3.89. The van der Waals surface area contributed by atoms with E-state index in [1.165, 1.54) is 18.2 Å². The molecule has 0 saturated carbocycles. The Morgan fingerprint density at radius 1 is 0.923 bits per heavy atom. The van der Waals surface area contributed by atoms with Crippen molar-refractivity contribution in [2.75, 3.05) is 0 Å². The molecular weight excluding hydrogens is 172 g/mol. The highest BCUT2D eigenvalue weighted by Gasteiger charge is 2.13. The van der Waals surface area contributed by atoms with Crippen LogP contribution in [0.3, 0.4) is 0 Å². The topological polar surface area (TPSA) is 72.0 Å². The first-order valence-electron chi connectivity index (χ1n) is 3.63. The SMILES string of the molecule is Oc1cc(O)c2cc(O)c[o+]c2c1. The largest absolute Gasteiger partial charge is 0.507 e. The molecule has 4 heteroatoms. The van der Waals surface area contributed by atoms with E-state index in [1.54, 1.807) is 0 Å². The Morgan fingerprint density at radius 2 is 1.69 bits per heavy atom. The van der Waals surface area contributed by atoms with E-state index in [2.05, 4.69) is 0 Å². The number of rotatable bonds is 0. The molecular formula is C9H7O4+. The van der Waals surface area contributed by atoms with Gasteiger partial charge in [0.2, 0.25) is 5.75 Å². The molecule has 13 heavy (non-hydrogen) atoms. The van der Waals surface area contributed by atoms with Crippen molar-refractivity contribution in [3.8, 4) is 17.2 Å². The van der Waals surface area contributed by atoms with Crippen molar-refractivity contribution in [3.05, 3.63) is 24.5 Å². The molecule has 4 nitrogen and oxygen atoms in total. The van der Waals surface area contributed by atoms with Crippen LogP contribution in [0.25, 0.3) is 11.0 Å². The van der Waals surface area contributed by atoms with Crippen molar-refractivity contribution in [1.82, 2.24) is 0 Å². The first-order valence-corrected chi connectivity index (χ1v) is 3.63. The predicted octanol–water partition coefficient (Wildman–Crippen LogP) is 1.83. The lowest BCUT2D eigenvalue weighted by molar-refractivity contribution is 0.437. The summed E-state index contributed by atoms with van der Waals surface area (Å²) in [6.07, 6.45) is 1.13. The van der Waals surface area contributed by atoms with Gasteiger partial charge in [0.15, 0.2) is 0 Å². The van der Waals surface area contributed by atoms with E-state index in [-0.39, 0.29) is 17.2 Å². The van der Waals surface area contributed by atoms with Gasteiger partial charge in [0.05, 0.1) is 6.07 Å². The van der Waals surface area contributed by atoms with Crippen LogP contribution in [0.15, 0.2) is 28.9 Å². The molecule has 0 radical (unpaired) electrons. The maximum Gasteiger partial charge on any atom is 0.367 e. The van der Waals surface area contributed by atoms with E-state index >= 15 is 0 Å². The molecule has 1 aromatic carbocycles. The molecule has 0 unspecified atom stereocenters. The monoisotopic (exact) mass is 179 g/mol. The van der Waals surface area contributed by atoms with Crippen molar-refractivity contribution in [3.63, 3.8) is 0 Å². The summed E-state index contributed by atoms with van der Waals surface area (Å²) in [7, 11) is 0. The number of phenols is 2. The van der Waals surface area contributed by atoms with E-state index in [0.29, 0.717) is 11.0 Å². The molecule has 0 aliphatic rings. The molecule has 0 saturated heterocycles. The Morgan fingerprint density at radius 3 is 2.46 bits per heavy atom. The normalized spacial score (nSPS) is 10.5. The van der Waals surface area contributed by atoms with Gasteiger partial charge in [0.1, 0.15) is 16.9 Å². The molecule has 0 bridgehead atoms. The molecule has 2 rings (SSSR count). The average molecular weight is 179 g/mol. The minimum Gasteiger partial charge on any atom is -0.507 e. The van der Waals surface area contributed by atoms with E-state index in [4.69, 9.17) is 14.6 Å². The Labute approximate surface area is 73.3 Å². The van der Waals surface area contributed by atoms with Crippen LogP contribution in [-0.2, 0) is 0 Å². The molecule has 0 aliphatic heterocycles. The van der Waals surface area contributed by atoms with Crippen molar-refractivity contribution in [2.24, 2.45) is 0 Å². The first-order chi connectivity index (χ1) is 6.16. The number of benzene rings is 1. The fourth-order valence-corrected chi connectivity index (χ4v) is 1.15. The smallest absolute Gasteiger partial charge is 0.367 e. The van der Waals surface area contributed by atoms with Crippen LogP contribution in [0.2, 0.25) is 0 Å². The number of fused-ring (bicyclic) bond motifs is 1. The van der Waals surface area contributed by atoms with Crippen LogP contribution in [0.1, 0.15) is 0 Å². The number of hydrogen-bond acceptors (Lipinski definition) is 3. The lowest BCUT2D eigenvalue weighted by Crippen LogP contribution is -1.74. The Balaban J connectivity index is 2.87. The van der Waals surface area contributed by atoms with Gasteiger partial charge in [-0.05, 0) is 0 Å². The predicted molar refractivity (Wildman–Crippen MR) is 45.6 cm³/mol. The first kappa shape index (κ1) is 7.67. The molecule has 1 aromatic heterocycles. The molecule has 0 spiro atoms. The van der Waals surface area contributed by atoms with Gasteiger partial charge < -0.3 is 15.3 Å². The minimum absolute atomic E-state index is 0.0755. The van der Waals surface area contributed by atoms with E-state index in [9.17, 15) is 5.11 Å². The summed E-state index contributed by atoms with van der Waals surface area (Å²) in [6.45, 7) is 0. The maximum atomic E-state index is 9.35. The van der Waals surface area contributed by atoms with Crippen LogP contribution in [0.4, 0.5) is 0 Å². The average Bonchev–Trinajstić information content (AvgIpc) is 2.06. The van der Waals surface area contributed by atoms with Gasteiger partial charge in [-0.2, -0.15) is 0 Å². The fourth-order valence-electron chi connectivity index (χ4n) is 1.15. The van der Waals surface area contributed by atoms with E-state index < -0.39 is 0 Å². The van der Waals surface area contributed by atoms with Gasteiger partial charge in [-0.25, -0.2) is 4.42 Å². The van der Waals surface area contributed by atoms with Crippen molar-refractivity contribution in [1.29, 1.82) is 0 Å². The zero-order valence-electron chi connectivity index (χ0n) is 6.56. The molecule has 0 atom stereocenters. The van der Waals surface area contributed by atoms with E-state index in [1.807, 2.05) is 0 Å². The molecule has 3 N–H and O–H groups in total. The van der Waals surface area contributed by atoms with Crippen molar-refractivity contribution < 1.29 is 19.7 Å². The quantitative estimate of drug-likeness (QED) is 0.539. The highest BCUT2D eigenvalue weighted by molar-refractivity contribution is 5.85. The zero-order chi connectivity index (χ0) is 9.42. The fraction of sp³-hybridized carbons (Fsp3) is 0. The summed E-state index contributed by atoms with van der Waals surface area (Å²) in [5.74, 6) is -0.289. The highest BCUT2D eigenvalue weighted by Crippen LogP contribution is 2.31. The summed E-state index contributed by atoms with van der Waals surface area (Å²) >= 11 is 0. The number of aromatic hydroxyl groups is 3. The zero-order valence-corrected chi connectivity index (χ0v) is 6.56. The third-order valence-corrected chi connectivity index (χ3v) is 1.70. The van der Waals surface area contributed by atoms with E-state index in [0.717, 1.165) is 6.26 Å². The summed E-state index contributed by atoms with van der Waals surface area (Å²) in [5.41, 5.74) is 0.315. The second kappa shape index (κ2) is 2.52. The lowest BCUT2D eigenvalue weighted by atomic mass is 10.2. The van der Waals surface area contributed by atoms with Gasteiger partial charge >= 0.3 is 11.8 Å². The molecule has 0 fully saturated rings. The Bertz CT molecular complexity index is 464. The van der Waals surface area contributed by atoms with Crippen LogP contribution in [0.5, 0.6) is 17.2 Å². The van der Waals surface area contributed by atoms with Crippen LogP contribution in [0, 0.1) is 0 Å². The second-order valence-corrected chi connectivity index (χ2v) is 2.68. The van der Waals surface area contributed by atoms with Gasteiger partial charge in [-0.1, -0.05) is 0 Å². The minimum atomic E-state index is -0.130. The third-order valence-electron chi connectivity index (χ3n) is 1.70. The Kier molecular flexibility index (Phi) is 1.48. The molecule has 2 aromatic rings. The van der Waals surface area contributed by atoms with Gasteiger partial charge in [0, 0.05) is 12.1 Å². The maximum absolute atomic E-state index is 9.35. The summed E-state index contributed by atoms with van der Waals surface area (Å²) in [5, 5.41) is 27.9. The third kappa shape index (κ3) is 1.22. The molecule has 0 amide bonds. The number of phenolic OH excluding ortho intramolecular Hbond substituents is 2. The molecule has 1 heterocycles. The number of hydrogen-bond donors (Lipinski definition) is 3. The summed E-state index contributed by atoms with van der Waals surface area (Å²) < 4.78 is 4.93. The standard InChI is InChI=1S/C9H6O4/c10-5-2-8(12)7-1-6(11)4-13-9(7)3-5/h1-4H,(H2-,10,11,12)/p+1. The second-order valence-electron chi connectivity index (χ2n) is 2.68. The molecule has 0 aliphatic carbocycles. The van der Waals surface area contributed by atoms with Crippen LogP contribution in [-0.4, -0.2) is 15.3 Å². The van der Waals surface area contributed by atoms with Crippen LogP contribution >= 0.6 is 0 Å². The van der Waals surface area contributed by atoms with Crippen molar-refractivity contribution in [2.45, 2.75) is 0 Å².